The van der Waals surface area contributed by atoms with Gasteiger partial charge < -0.3 is 4.74 Å². The molecule has 0 saturated heterocycles. The number of H-pyrrole nitrogens is 1. The van der Waals surface area contributed by atoms with Gasteiger partial charge in [0.1, 0.15) is 5.75 Å². The van der Waals surface area contributed by atoms with Crippen LogP contribution in [0.1, 0.15) is 26.5 Å². The second-order valence-electron chi connectivity index (χ2n) is 5.70. The Morgan fingerprint density at radius 3 is 2.29 bits per heavy atom. The summed E-state index contributed by atoms with van der Waals surface area (Å²) >= 11 is 0. The van der Waals surface area contributed by atoms with Crippen LogP contribution in [-0.4, -0.2) is 25.7 Å². The van der Waals surface area contributed by atoms with Gasteiger partial charge in [-0.2, -0.15) is 5.10 Å². The first-order valence-corrected chi connectivity index (χ1v) is 7.93. The first kappa shape index (κ1) is 15.4. The molecule has 0 amide bonds. The Morgan fingerprint density at radius 2 is 1.81 bits per heavy atom. The maximum atomic E-state index is 12.3. The highest BCUT2D eigenvalue weighted by Crippen LogP contribution is 2.23. The molecule has 1 aromatic carbocycles. The van der Waals surface area contributed by atoms with Crippen molar-refractivity contribution < 1.29 is 13.2 Å². The second kappa shape index (κ2) is 5.40. The van der Waals surface area contributed by atoms with Crippen LogP contribution in [0.3, 0.4) is 0 Å². The number of benzene rings is 1. The lowest BCUT2D eigenvalue weighted by Gasteiger charge is -2.14. The summed E-state index contributed by atoms with van der Waals surface area (Å²) in [4.78, 5) is 0.156. The zero-order chi connectivity index (χ0) is 15.7. The fourth-order valence-corrected chi connectivity index (χ4v) is 2.70. The summed E-state index contributed by atoms with van der Waals surface area (Å²) in [6.07, 6.45) is 0. The number of aromatic amines is 1. The molecule has 1 aromatic heterocycles. The van der Waals surface area contributed by atoms with Crippen molar-refractivity contribution in [2.45, 2.75) is 31.1 Å². The van der Waals surface area contributed by atoms with Gasteiger partial charge in [0.05, 0.1) is 12.0 Å². The van der Waals surface area contributed by atoms with E-state index < -0.39 is 10.0 Å². The van der Waals surface area contributed by atoms with Gasteiger partial charge in [0.2, 0.25) is 0 Å². The van der Waals surface area contributed by atoms with Crippen molar-refractivity contribution in [2.75, 3.05) is 11.8 Å². The van der Waals surface area contributed by atoms with Gasteiger partial charge in [-0.1, -0.05) is 20.8 Å². The standard InChI is InChI=1S/C14H19N3O3S/c1-14(2,3)12-9-13(16-15-12)17-21(18,19)11-7-5-10(20-4)6-8-11/h5-9H,1-4H3,(H2,15,16,17). The Balaban J connectivity index is 2.22. The molecule has 0 aliphatic carbocycles. The fraction of sp³-hybridized carbons (Fsp3) is 0.357. The molecule has 21 heavy (non-hydrogen) atoms. The van der Waals surface area contributed by atoms with Crippen LogP contribution in [0.25, 0.3) is 0 Å². The van der Waals surface area contributed by atoms with Gasteiger partial charge in [0.25, 0.3) is 10.0 Å². The zero-order valence-electron chi connectivity index (χ0n) is 12.5. The molecule has 0 aliphatic heterocycles. The van der Waals surface area contributed by atoms with E-state index in [1.54, 1.807) is 18.2 Å². The Bertz CT molecular complexity index is 713. The second-order valence-corrected chi connectivity index (χ2v) is 7.38. The predicted molar refractivity (Wildman–Crippen MR) is 81.1 cm³/mol. The largest absolute Gasteiger partial charge is 0.497 e. The Hall–Kier alpha value is -2.02. The van der Waals surface area contributed by atoms with Gasteiger partial charge in [-0.15, -0.1) is 0 Å². The molecule has 0 unspecified atom stereocenters. The van der Waals surface area contributed by atoms with Crippen LogP contribution >= 0.6 is 0 Å². The number of rotatable bonds is 4. The molecule has 0 radical (unpaired) electrons. The fourth-order valence-electron chi connectivity index (χ4n) is 1.71. The van der Waals surface area contributed by atoms with Crippen molar-refractivity contribution in [3.63, 3.8) is 0 Å². The van der Waals surface area contributed by atoms with Gasteiger partial charge in [0.15, 0.2) is 5.82 Å². The number of anilines is 1. The maximum Gasteiger partial charge on any atom is 0.263 e. The van der Waals surface area contributed by atoms with E-state index in [1.165, 1.54) is 19.2 Å². The average Bonchev–Trinajstić information content (AvgIpc) is 2.86. The molecule has 0 saturated carbocycles. The summed E-state index contributed by atoms with van der Waals surface area (Å²) < 4.78 is 32.0. The molecule has 0 atom stereocenters. The smallest absolute Gasteiger partial charge is 0.263 e. The summed E-state index contributed by atoms with van der Waals surface area (Å²) in [5, 5.41) is 6.83. The quantitative estimate of drug-likeness (QED) is 0.909. The Morgan fingerprint density at radius 1 is 1.19 bits per heavy atom. The van der Waals surface area contributed by atoms with Crippen LogP contribution in [0.2, 0.25) is 0 Å². The number of aromatic nitrogens is 2. The van der Waals surface area contributed by atoms with E-state index >= 15 is 0 Å². The number of sulfonamides is 1. The first-order valence-electron chi connectivity index (χ1n) is 6.45. The van der Waals surface area contributed by atoms with Gasteiger partial charge in [0, 0.05) is 17.2 Å². The number of nitrogens with one attached hydrogen (secondary N) is 2. The van der Waals surface area contributed by atoms with Crippen LogP contribution in [-0.2, 0) is 15.4 Å². The lowest BCUT2D eigenvalue weighted by atomic mass is 9.92. The van der Waals surface area contributed by atoms with Crippen molar-refractivity contribution in [3.8, 4) is 5.75 Å². The van der Waals surface area contributed by atoms with Crippen LogP contribution in [0.15, 0.2) is 35.2 Å². The molecule has 2 N–H and O–H groups in total. The molecule has 0 spiro atoms. The molecule has 2 aromatic rings. The summed E-state index contributed by atoms with van der Waals surface area (Å²) in [5.74, 6) is 0.875. The van der Waals surface area contributed by atoms with Crippen LogP contribution < -0.4 is 9.46 Å². The van der Waals surface area contributed by atoms with E-state index in [9.17, 15) is 8.42 Å². The van der Waals surface area contributed by atoms with E-state index in [2.05, 4.69) is 14.9 Å². The van der Waals surface area contributed by atoms with Crippen LogP contribution in [0.5, 0.6) is 5.75 Å². The lowest BCUT2D eigenvalue weighted by molar-refractivity contribution is 0.414. The van der Waals surface area contributed by atoms with Gasteiger partial charge in [-0.3, -0.25) is 9.82 Å². The predicted octanol–water partition coefficient (Wildman–Crippen LogP) is 2.52. The summed E-state index contributed by atoms with van der Waals surface area (Å²) in [6.45, 7) is 6.05. The van der Waals surface area contributed by atoms with E-state index in [4.69, 9.17) is 4.74 Å². The summed E-state index contributed by atoms with van der Waals surface area (Å²) in [6, 6.07) is 7.86. The SMILES string of the molecule is COc1ccc(S(=O)(=O)Nc2cc(C(C)(C)C)[nH]n2)cc1. The highest BCUT2D eigenvalue weighted by Gasteiger charge is 2.20. The minimum Gasteiger partial charge on any atom is -0.497 e. The molecule has 2 rings (SSSR count). The molecular weight excluding hydrogens is 290 g/mol. The van der Waals surface area contributed by atoms with Crippen molar-refractivity contribution >= 4 is 15.8 Å². The van der Waals surface area contributed by atoms with Gasteiger partial charge in [-0.05, 0) is 24.3 Å². The number of ether oxygens (including phenoxy) is 1. The minimum absolute atomic E-state index is 0.128. The molecule has 1 heterocycles. The number of hydrogen-bond acceptors (Lipinski definition) is 4. The van der Waals surface area contributed by atoms with E-state index in [0.29, 0.717) is 5.75 Å². The number of methoxy groups -OCH3 is 1. The first-order chi connectivity index (χ1) is 9.72. The number of hydrogen-bond donors (Lipinski definition) is 2. The molecule has 114 valence electrons. The number of nitrogens with zero attached hydrogens (tertiary/aromatic N) is 1. The minimum atomic E-state index is -3.66. The zero-order valence-corrected chi connectivity index (χ0v) is 13.3. The van der Waals surface area contributed by atoms with Gasteiger partial charge in [-0.25, -0.2) is 8.42 Å². The van der Waals surface area contributed by atoms with Crippen molar-refractivity contribution in [3.05, 3.63) is 36.0 Å². The van der Waals surface area contributed by atoms with E-state index in [0.717, 1.165) is 5.69 Å². The van der Waals surface area contributed by atoms with Crippen molar-refractivity contribution in [1.29, 1.82) is 0 Å². The average molecular weight is 309 g/mol. The monoisotopic (exact) mass is 309 g/mol. The summed E-state index contributed by atoms with van der Waals surface area (Å²) in [5.41, 5.74) is 0.728. The normalized spacial score (nSPS) is 12.2. The molecule has 6 nitrogen and oxygen atoms in total. The van der Waals surface area contributed by atoms with Gasteiger partial charge >= 0.3 is 0 Å². The van der Waals surface area contributed by atoms with Crippen LogP contribution in [0, 0.1) is 0 Å². The third-order valence-electron chi connectivity index (χ3n) is 2.99. The molecular formula is C14H19N3O3S. The topological polar surface area (TPSA) is 84.1 Å². The third-order valence-corrected chi connectivity index (χ3v) is 4.37. The maximum absolute atomic E-state index is 12.3. The van der Waals surface area contributed by atoms with E-state index in [-0.39, 0.29) is 16.1 Å². The van der Waals surface area contributed by atoms with Crippen molar-refractivity contribution in [1.82, 2.24) is 10.2 Å². The lowest BCUT2D eigenvalue weighted by Crippen LogP contribution is -2.13. The summed E-state index contributed by atoms with van der Waals surface area (Å²) in [7, 11) is -2.13. The third kappa shape index (κ3) is 3.55. The molecule has 7 heteroatoms. The highest BCUT2D eigenvalue weighted by atomic mass is 32.2. The van der Waals surface area contributed by atoms with Crippen LogP contribution in [0.4, 0.5) is 5.82 Å². The molecule has 0 fully saturated rings. The highest BCUT2D eigenvalue weighted by molar-refractivity contribution is 7.92. The molecule has 0 bridgehead atoms. The Kier molecular flexibility index (Phi) is 3.95. The van der Waals surface area contributed by atoms with Crippen molar-refractivity contribution in [2.24, 2.45) is 0 Å². The Labute approximate surface area is 124 Å². The van der Waals surface area contributed by atoms with E-state index in [1.807, 2.05) is 20.8 Å². The molecule has 0 aliphatic rings.